The molecule has 0 aliphatic heterocycles. The second-order valence-corrected chi connectivity index (χ2v) is 6.90. The van der Waals surface area contributed by atoms with E-state index in [1.807, 2.05) is 19.1 Å². The topological polar surface area (TPSA) is 178 Å². The highest BCUT2D eigenvalue weighted by molar-refractivity contribution is 5.81. The van der Waals surface area contributed by atoms with Crippen LogP contribution in [0.5, 0.6) is 0 Å². The van der Waals surface area contributed by atoms with E-state index in [0.29, 0.717) is 30.3 Å². The quantitative estimate of drug-likeness (QED) is 0.306. The average Bonchev–Trinajstić information content (AvgIpc) is 2.80. The number of nitriles is 1. The summed E-state index contributed by atoms with van der Waals surface area (Å²) in [6, 6.07) is 8.99. The molecule has 178 valence electrons. The van der Waals surface area contributed by atoms with Gasteiger partial charge in [0.2, 0.25) is 11.9 Å². The van der Waals surface area contributed by atoms with Gasteiger partial charge in [-0.1, -0.05) is 18.8 Å². The minimum absolute atomic E-state index is 0. The Bertz CT molecular complexity index is 963. The van der Waals surface area contributed by atoms with E-state index in [-0.39, 0.29) is 22.9 Å². The van der Waals surface area contributed by atoms with Crippen LogP contribution < -0.4 is 21.3 Å². The number of aromatic nitrogens is 2. The predicted molar refractivity (Wildman–Crippen MR) is 130 cm³/mol. The van der Waals surface area contributed by atoms with Crippen molar-refractivity contribution in [3.05, 3.63) is 41.6 Å². The van der Waals surface area contributed by atoms with Gasteiger partial charge in [0.25, 0.3) is 0 Å². The zero-order chi connectivity index (χ0) is 22.5. The third kappa shape index (κ3) is 9.97. The largest absolute Gasteiger partial charge is 0.412 e. The van der Waals surface area contributed by atoms with Crippen molar-refractivity contribution in [3.8, 4) is 17.9 Å². The van der Waals surface area contributed by atoms with E-state index in [9.17, 15) is 4.79 Å². The number of nitrogens with one attached hydrogen (secondary N) is 4. The number of nitrogens with zero attached hydrogens (tertiary/aromatic N) is 3. The SMILES string of the molecule is CCCNc1nc(Nc2ccc(C#N)cc2)ncc1C#CCCCNC(=O)[C@H](C)NC.O.O. The third-order valence-electron chi connectivity index (χ3n) is 4.43. The summed E-state index contributed by atoms with van der Waals surface area (Å²) in [6.45, 7) is 5.26. The van der Waals surface area contributed by atoms with E-state index in [0.717, 1.165) is 30.6 Å². The lowest BCUT2D eigenvalue weighted by Crippen LogP contribution is -2.40. The van der Waals surface area contributed by atoms with Crippen molar-refractivity contribution in [1.29, 1.82) is 5.26 Å². The number of hydrogen-bond acceptors (Lipinski definition) is 7. The number of likely N-dealkylation sites (N-methyl/N-ethyl adjacent to an activating group) is 1. The second kappa shape index (κ2) is 16.0. The number of unbranched alkanes of at least 4 members (excludes halogenated alkanes) is 1. The summed E-state index contributed by atoms with van der Waals surface area (Å²) in [5, 5.41) is 21.1. The molecule has 0 aliphatic carbocycles. The Hall–Kier alpha value is -3.70. The number of benzene rings is 1. The molecule has 0 aliphatic rings. The maximum atomic E-state index is 11.7. The molecule has 1 amide bonds. The maximum absolute atomic E-state index is 11.7. The summed E-state index contributed by atoms with van der Waals surface area (Å²) in [5.41, 5.74) is 2.12. The first-order valence-electron chi connectivity index (χ1n) is 10.4. The van der Waals surface area contributed by atoms with Crippen LogP contribution in [0.25, 0.3) is 0 Å². The minimum Gasteiger partial charge on any atom is -0.412 e. The lowest BCUT2D eigenvalue weighted by Gasteiger charge is -2.10. The molecule has 10 nitrogen and oxygen atoms in total. The monoisotopic (exact) mass is 455 g/mol. The van der Waals surface area contributed by atoms with Crippen LogP contribution in [0.3, 0.4) is 0 Å². The van der Waals surface area contributed by atoms with Crippen molar-refractivity contribution in [2.45, 2.75) is 39.2 Å². The van der Waals surface area contributed by atoms with E-state index in [4.69, 9.17) is 5.26 Å². The van der Waals surface area contributed by atoms with Gasteiger partial charge in [0.15, 0.2) is 0 Å². The standard InChI is InChI=1S/C23H29N7O.2H2O/c1-4-13-26-21-19(8-6-5-7-14-27-22(31)17(2)25-3)16-28-23(30-21)29-20-11-9-18(15-24)10-12-20;;/h9-12,16-17,25H,4-5,7,13-14H2,1-3H3,(H,27,31)(H2,26,28,29,30);2*1H2/t17-;;/m0../s1. The van der Waals surface area contributed by atoms with Crippen molar-refractivity contribution in [2.75, 3.05) is 30.8 Å². The first kappa shape index (κ1) is 29.3. The molecule has 0 saturated heterocycles. The Morgan fingerprint density at radius 1 is 1.18 bits per heavy atom. The van der Waals surface area contributed by atoms with Crippen molar-refractivity contribution < 1.29 is 15.7 Å². The van der Waals surface area contributed by atoms with Crippen molar-refractivity contribution in [3.63, 3.8) is 0 Å². The molecule has 2 aromatic rings. The molecule has 0 radical (unpaired) electrons. The number of rotatable bonds is 10. The molecule has 1 atom stereocenters. The fourth-order valence-electron chi connectivity index (χ4n) is 2.50. The van der Waals surface area contributed by atoms with Gasteiger partial charge in [0.05, 0.1) is 29.4 Å². The molecule has 1 aromatic heterocycles. The van der Waals surface area contributed by atoms with Crippen LogP contribution >= 0.6 is 0 Å². The van der Waals surface area contributed by atoms with Gasteiger partial charge < -0.3 is 32.2 Å². The van der Waals surface area contributed by atoms with Crippen LogP contribution in [-0.4, -0.2) is 53.0 Å². The summed E-state index contributed by atoms with van der Waals surface area (Å²) in [6.07, 6.45) is 4.08. The fraction of sp³-hybridized carbons (Fsp3) is 0.391. The number of hydrogen-bond donors (Lipinski definition) is 4. The van der Waals surface area contributed by atoms with E-state index in [1.165, 1.54) is 0 Å². The molecule has 0 fully saturated rings. The molecule has 10 heteroatoms. The maximum Gasteiger partial charge on any atom is 0.236 e. The van der Waals surface area contributed by atoms with E-state index < -0.39 is 0 Å². The molecule has 0 saturated carbocycles. The first-order chi connectivity index (χ1) is 15.1. The van der Waals surface area contributed by atoms with E-state index >= 15 is 0 Å². The average molecular weight is 456 g/mol. The molecule has 0 bridgehead atoms. The van der Waals surface area contributed by atoms with Crippen LogP contribution in [0.1, 0.15) is 44.2 Å². The Kier molecular flexibility index (Phi) is 14.2. The minimum atomic E-state index is -0.202. The Labute approximate surface area is 194 Å². The van der Waals surface area contributed by atoms with Gasteiger partial charge in [-0.25, -0.2) is 4.98 Å². The summed E-state index contributed by atoms with van der Waals surface area (Å²) in [7, 11) is 1.76. The lowest BCUT2D eigenvalue weighted by molar-refractivity contribution is -0.122. The number of carbonyl (C=O) groups excluding carboxylic acids is 1. The lowest BCUT2D eigenvalue weighted by atomic mass is 10.2. The van der Waals surface area contributed by atoms with E-state index in [1.54, 1.807) is 25.4 Å². The third-order valence-corrected chi connectivity index (χ3v) is 4.43. The van der Waals surface area contributed by atoms with Crippen molar-refractivity contribution in [2.24, 2.45) is 0 Å². The predicted octanol–water partition coefficient (Wildman–Crippen LogP) is 1.12. The van der Waals surface area contributed by atoms with Gasteiger partial charge in [-0.15, -0.1) is 0 Å². The number of carbonyl (C=O) groups is 1. The van der Waals surface area contributed by atoms with Gasteiger partial charge in [-0.3, -0.25) is 4.79 Å². The summed E-state index contributed by atoms with van der Waals surface area (Å²) in [5.74, 6) is 7.37. The van der Waals surface area contributed by atoms with Crippen LogP contribution in [0, 0.1) is 23.2 Å². The van der Waals surface area contributed by atoms with Crippen LogP contribution in [0.15, 0.2) is 30.5 Å². The van der Waals surface area contributed by atoms with Gasteiger partial charge >= 0.3 is 0 Å². The Morgan fingerprint density at radius 3 is 2.55 bits per heavy atom. The molecule has 2 rings (SSSR count). The molecule has 8 N–H and O–H groups in total. The smallest absolute Gasteiger partial charge is 0.236 e. The summed E-state index contributed by atoms with van der Waals surface area (Å²) >= 11 is 0. The zero-order valence-electron chi connectivity index (χ0n) is 19.2. The number of amides is 1. The van der Waals surface area contributed by atoms with Crippen LogP contribution in [0.4, 0.5) is 17.5 Å². The normalized spacial score (nSPS) is 10.2. The fourth-order valence-corrected chi connectivity index (χ4v) is 2.50. The summed E-state index contributed by atoms with van der Waals surface area (Å²) in [4.78, 5) is 20.6. The molecular weight excluding hydrogens is 422 g/mol. The van der Waals surface area contributed by atoms with Gasteiger partial charge in [-0.05, 0) is 51.1 Å². The molecule has 1 heterocycles. The van der Waals surface area contributed by atoms with Crippen LogP contribution in [0.2, 0.25) is 0 Å². The molecule has 0 spiro atoms. The van der Waals surface area contributed by atoms with Gasteiger partial charge in [-0.2, -0.15) is 10.2 Å². The van der Waals surface area contributed by atoms with E-state index in [2.05, 4.69) is 56.1 Å². The zero-order valence-corrected chi connectivity index (χ0v) is 19.2. The molecular formula is C23H33N7O3. The van der Waals surface area contributed by atoms with Crippen LogP contribution in [-0.2, 0) is 4.79 Å². The summed E-state index contributed by atoms with van der Waals surface area (Å²) < 4.78 is 0. The van der Waals surface area contributed by atoms with Gasteiger partial charge in [0, 0.05) is 25.2 Å². The Morgan fingerprint density at radius 2 is 1.91 bits per heavy atom. The first-order valence-corrected chi connectivity index (χ1v) is 10.4. The van der Waals surface area contributed by atoms with Crippen molar-refractivity contribution in [1.82, 2.24) is 20.6 Å². The Balaban J connectivity index is 0.00000512. The molecule has 0 unspecified atom stereocenters. The molecule has 33 heavy (non-hydrogen) atoms. The highest BCUT2D eigenvalue weighted by atomic mass is 16.2. The highest BCUT2D eigenvalue weighted by Crippen LogP contribution is 2.17. The van der Waals surface area contributed by atoms with Gasteiger partial charge in [0.1, 0.15) is 5.82 Å². The second-order valence-electron chi connectivity index (χ2n) is 6.90. The number of anilines is 3. The molecule has 1 aromatic carbocycles. The highest BCUT2D eigenvalue weighted by Gasteiger charge is 2.08. The van der Waals surface area contributed by atoms with Crippen molar-refractivity contribution >= 4 is 23.4 Å².